The number of piperidine rings is 1. The topological polar surface area (TPSA) is 49.9 Å². The second-order valence-corrected chi connectivity index (χ2v) is 7.58. The molecule has 0 radical (unpaired) electrons. The van der Waals surface area contributed by atoms with Crippen molar-refractivity contribution < 1.29 is 14.3 Å². The molecule has 1 aliphatic carbocycles. The Labute approximate surface area is 148 Å². The van der Waals surface area contributed by atoms with Crippen LogP contribution >= 0.6 is 0 Å². The van der Waals surface area contributed by atoms with E-state index in [1.807, 2.05) is 34.1 Å². The molecule has 1 aromatic rings. The second-order valence-electron chi connectivity index (χ2n) is 7.58. The normalized spacial score (nSPS) is 28.6. The van der Waals surface area contributed by atoms with Crippen LogP contribution in [0.4, 0.5) is 0 Å². The highest BCUT2D eigenvalue weighted by Gasteiger charge is 2.45. The Kier molecular flexibility index (Phi) is 4.40. The monoisotopic (exact) mass is 342 g/mol. The molecule has 0 unspecified atom stereocenters. The summed E-state index contributed by atoms with van der Waals surface area (Å²) >= 11 is 0. The standard InChI is InChI=1S/C20H26N2O3/c1-14-12-16(14)19(23)22-9-5-4-7-17(22)20(24)21-10-11-25-18-8-3-2-6-15(18)13-21/h2-3,6,8,14,16-17H,4-5,7,9-13H2,1H3/t14-,16-,17+/m1/s1. The lowest BCUT2D eigenvalue weighted by atomic mass is 9.99. The number of hydrogen-bond acceptors (Lipinski definition) is 3. The van der Waals surface area contributed by atoms with Gasteiger partial charge in [0.1, 0.15) is 18.4 Å². The average molecular weight is 342 g/mol. The van der Waals surface area contributed by atoms with Crippen LogP contribution in [0.5, 0.6) is 5.75 Å². The molecule has 134 valence electrons. The van der Waals surface area contributed by atoms with Crippen LogP contribution in [0.15, 0.2) is 24.3 Å². The number of para-hydroxylation sites is 1. The van der Waals surface area contributed by atoms with E-state index in [1.165, 1.54) is 0 Å². The molecule has 1 saturated carbocycles. The SMILES string of the molecule is C[C@@H]1C[C@H]1C(=O)N1CCCC[C@H]1C(=O)N1CCOc2ccccc2C1. The van der Waals surface area contributed by atoms with Gasteiger partial charge in [-0.25, -0.2) is 0 Å². The van der Waals surface area contributed by atoms with Crippen molar-refractivity contribution in [1.29, 1.82) is 0 Å². The third-order valence-corrected chi connectivity index (χ3v) is 5.76. The van der Waals surface area contributed by atoms with Crippen molar-refractivity contribution >= 4 is 11.8 Å². The predicted molar refractivity (Wildman–Crippen MR) is 94.0 cm³/mol. The predicted octanol–water partition coefficient (Wildman–Crippen LogP) is 2.44. The zero-order chi connectivity index (χ0) is 17.4. The molecule has 2 fully saturated rings. The second kappa shape index (κ2) is 6.70. The number of carbonyl (C=O) groups is 2. The Morgan fingerprint density at radius 3 is 2.72 bits per heavy atom. The van der Waals surface area contributed by atoms with Crippen LogP contribution in [0, 0.1) is 11.8 Å². The van der Waals surface area contributed by atoms with Gasteiger partial charge in [-0.3, -0.25) is 9.59 Å². The Bertz CT molecular complexity index is 675. The molecule has 2 amide bonds. The number of rotatable bonds is 2. The molecule has 2 aliphatic heterocycles. The largest absolute Gasteiger partial charge is 0.491 e. The van der Waals surface area contributed by atoms with E-state index in [4.69, 9.17) is 4.74 Å². The zero-order valence-corrected chi connectivity index (χ0v) is 14.8. The van der Waals surface area contributed by atoms with Gasteiger partial charge in [0.2, 0.25) is 11.8 Å². The smallest absolute Gasteiger partial charge is 0.245 e. The van der Waals surface area contributed by atoms with Crippen LogP contribution in [-0.4, -0.2) is 47.4 Å². The lowest BCUT2D eigenvalue weighted by Gasteiger charge is -2.37. The van der Waals surface area contributed by atoms with Gasteiger partial charge in [0.05, 0.1) is 6.54 Å². The van der Waals surface area contributed by atoms with E-state index in [0.29, 0.717) is 25.6 Å². The van der Waals surface area contributed by atoms with Crippen LogP contribution in [0.1, 0.15) is 38.2 Å². The Hall–Kier alpha value is -2.04. The lowest BCUT2D eigenvalue weighted by Crippen LogP contribution is -2.53. The molecule has 0 spiro atoms. The van der Waals surface area contributed by atoms with Crippen molar-refractivity contribution in [2.24, 2.45) is 11.8 Å². The summed E-state index contributed by atoms with van der Waals surface area (Å²) in [5.74, 6) is 1.75. The van der Waals surface area contributed by atoms with Crippen LogP contribution in [0.25, 0.3) is 0 Å². The molecule has 4 rings (SSSR count). The molecule has 0 bridgehead atoms. The maximum Gasteiger partial charge on any atom is 0.245 e. The van der Waals surface area contributed by atoms with Crippen molar-refractivity contribution in [2.45, 2.75) is 45.2 Å². The first-order valence-corrected chi connectivity index (χ1v) is 9.45. The fourth-order valence-electron chi connectivity index (χ4n) is 4.06. The molecule has 2 heterocycles. The van der Waals surface area contributed by atoms with Gasteiger partial charge in [-0.1, -0.05) is 25.1 Å². The molecule has 3 aliphatic rings. The van der Waals surface area contributed by atoms with Crippen molar-refractivity contribution in [3.05, 3.63) is 29.8 Å². The van der Waals surface area contributed by atoms with Gasteiger partial charge in [0, 0.05) is 24.6 Å². The van der Waals surface area contributed by atoms with Gasteiger partial charge < -0.3 is 14.5 Å². The summed E-state index contributed by atoms with van der Waals surface area (Å²) in [4.78, 5) is 29.7. The van der Waals surface area contributed by atoms with E-state index in [0.717, 1.165) is 43.5 Å². The number of amides is 2. The van der Waals surface area contributed by atoms with Crippen molar-refractivity contribution in [2.75, 3.05) is 19.7 Å². The fourth-order valence-corrected chi connectivity index (χ4v) is 4.06. The molecular formula is C20H26N2O3. The zero-order valence-electron chi connectivity index (χ0n) is 14.8. The number of benzene rings is 1. The first-order chi connectivity index (χ1) is 12.1. The average Bonchev–Trinajstić information content (AvgIpc) is 3.41. The fraction of sp³-hybridized carbons (Fsp3) is 0.600. The molecule has 0 aromatic heterocycles. The summed E-state index contributed by atoms with van der Waals surface area (Å²) < 4.78 is 5.78. The van der Waals surface area contributed by atoms with Crippen LogP contribution in [0.2, 0.25) is 0 Å². The minimum absolute atomic E-state index is 0.0849. The van der Waals surface area contributed by atoms with E-state index < -0.39 is 0 Å². The summed E-state index contributed by atoms with van der Waals surface area (Å²) in [5, 5.41) is 0. The van der Waals surface area contributed by atoms with E-state index in [9.17, 15) is 9.59 Å². The molecule has 1 saturated heterocycles. The van der Waals surface area contributed by atoms with Gasteiger partial charge in [-0.15, -0.1) is 0 Å². The first-order valence-electron chi connectivity index (χ1n) is 9.45. The molecule has 5 nitrogen and oxygen atoms in total. The molecule has 3 atom stereocenters. The highest BCUT2D eigenvalue weighted by Crippen LogP contribution is 2.40. The van der Waals surface area contributed by atoms with Crippen LogP contribution in [0.3, 0.4) is 0 Å². The first kappa shape index (κ1) is 16.4. The number of nitrogens with zero attached hydrogens (tertiary/aromatic N) is 2. The van der Waals surface area contributed by atoms with Crippen molar-refractivity contribution in [3.63, 3.8) is 0 Å². The van der Waals surface area contributed by atoms with E-state index in [-0.39, 0.29) is 23.8 Å². The van der Waals surface area contributed by atoms with Crippen LogP contribution < -0.4 is 4.74 Å². The quantitative estimate of drug-likeness (QED) is 0.829. The molecular weight excluding hydrogens is 316 g/mol. The van der Waals surface area contributed by atoms with Crippen LogP contribution in [-0.2, 0) is 16.1 Å². The van der Waals surface area contributed by atoms with Crippen molar-refractivity contribution in [3.8, 4) is 5.75 Å². The van der Waals surface area contributed by atoms with Gasteiger partial charge in [-0.05, 0) is 37.7 Å². The molecule has 25 heavy (non-hydrogen) atoms. The minimum Gasteiger partial charge on any atom is -0.491 e. The number of carbonyl (C=O) groups excluding carboxylic acids is 2. The molecule has 0 N–H and O–H groups in total. The number of likely N-dealkylation sites (tertiary alicyclic amines) is 1. The summed E-state index contributed by atoms with van der Waals surface area (Å²) in [5.41, 5.74) is 1.04. The van der Waals surface area contributed by atoms with Gasteiger partial charge in [0.25, 0.3) is 0 Å². The van der Waals surface area contributed by atoms with Gasteiger partial charge >= 0.3 is 0 Å². The van der Waals surface area contributed by atoms with E-state index in [2.05, 4.69) is 6.92 Å². The third-order valence-electron chi connectivity index (χ3n) is 5.76. The Morgan fingerprint density at radius 2 is 1.92 bits per heavy atom. The maximum absolute atomic E-state index is 13.2. The van der Waals surface area contributed by atoms with E-state index >= 15 is 0 Å². The lowest BCUT2D eigenvalue weighted by molar-refractivity contribution is -0.149. The number of ether oxygens (including phenoxy) is 1. The number of hydrogen-bond donors (Lipinski definition) is 0. The summed E-state index contributed by atoms with van der Waals surface area (Å²) in [6.07, 6.45) is 3.77. The maximum atomic E-state index is 13.2. The number of fused-ring (bicyclic) bond motifs is 1. The minimum atomic E-state index is -0.292. The van der Waals surface area contributed by atoms with Gasteiger partial charge in [-0.2, -0.15) is 0 Å². The molecule has 5 heteroatoms. The summed E-state index contributed by atoms with van der Waals surface area (Å²) in [6.45, 7) is 4.48. The molecule has 1 aromatic carbocycles. The van der Waals surface area contributed by atoms with Gasteiger partial charge in [0.15, 0.2) is 0 Å². The Balaban J connectivity index is 1.51. The third kappa shape index (κ3) is 3.24. The highest BCUT2D eigenvalue weighted by atomic mass is 16.5. The highest BCUT2D eigenvalue weighted by molar-refractivity contribution is 5.90. The van der Waals surface area contributed by atoms with Crippen molar-refractivity contribution in [1.82, 2.24) is 9.80 Å². The Morgan fingerprint density at radius 1 is 1.12 bits per heavy atom. The van der Waals surface area contributed by atoms with E-state index in [1.54, 1.807) is 0 Å². The summed E-state index contributed by atoms with van der Waals surface area (Å²) in [7, 11) is 0. The summed E-state index contributed by atoms with van der Waals surface area (Å²) in [6, 6.07) is 7.60.